The lowest BCUT2D eigenvalue weighted by Crippen LogP contribution is -2.22. The highest BCUT2D eigenvalue weighted by Gasteiger charge is 2.19. The Hall–Kier alpha value is -1.26. The standard InChI is InChI=1S/C16H21N3S/c1-2-17-14-7-3-4-8-15-13(14)11-18-16(19-15)10-12-6-5-9-20-12/h5-6,9,11,14,17H,2-4,7-8,10H2,1H3. The van der Waals surface area contributed by atoms with Crippen molar-refractivity contribution in [3.63, 3.8) is 0 Å². The van der Waals surface area contributed by atoms with E-state index in [9.17, 15) is 0 Å². The maximum absolute atomic E-state index is 4.84. The van der Waals surface area contributed by atoms with Crippen LogP contribution in [0.25, 0.3) is 0 Å². The normalized spacial score (nSPS) is 18.6. The van der Waals surface area contributed by atoms with Gasteiger partial charge in [0, 0.05) is 34.8 Å². The molecule has 4 heteroatoms. The maximum atomic E-state index is 4.84. The average Bonchev–Trinajstić information content (AvgIpc) is 2.88. The van der Waals surface area contributed by atoms with Crippen LogP contribution < -0.4 is 5.32 Å². The van der Waals surface area contributed by atoms with Crippen LogP contribution in [0.15, 0.2) is 23.7 Å². The molecule has 0 saturated heterocycles. The van der Waals surface area contributed by atoms with E-state index in [0.29, 0.717) is 6.04 Å². The van der Waals surface area contributed by atoms with E-state index in [1.807, 2.05) is 0 Å². The van der Waals surface area contributed by atoms with Gasteiger partial charge in [-0.05, 0) is 37.3 Å². The van der Waals surface area contributed by atoms with Gasteiger partial charge in [0.2, 0.25) is 0 Å². The van der Waals surface area contributed by atoms with Crippen LogP contribution >= 0.6 is 11.3 Å². The van der Waals surface area contributed by atoms with Gasteiger partial charge in [-0.15, -0.1) is 11.3 Å². The summed E-state index contributed by atoms with van der Waals surface area (Å²) in [6, 6.07) is 4.68. The van der Waals surface area contributed by atoms with E-state index in [4.69, 9.17) is 4.98 Å². The smallest absolute Gasteiger partial charge is 0.133 e. The van der Waals surface area contributed by atoms with Crippen LogP contribution in [0.1, 0.15) is 54.2 Å². The number of nitrogens with one attached hydrogen (secondary N) is 1. The molecular weight excluding hydrogens is 266 g/mol. The van der Waals surface area contributed by atoms with Crippen LogP contribution in [0.3, 0.4) is 0 Å². The number of thiophene rings is 1. The number of fused-ring (bicyclic) bond motifs is 1. The summed E-state index contributed by atoms with van der Waals surface area (Å²) in [4.78, 5) is 10.8. The van der Waals surface area contributed by atoms with Crippen molar-refractivity contribution >= 4 is 11.3 Å². The third-order valence-corrected chi connectivity index (χ3v) is 4.72. The summed E-state index contributed by atoms with van der Waals surface area (Å²) in [5.74, 6) is 0.961. The molecule has 0 aliphatic heterocycles. The zero-order valence-corrected chi connectivity index (χ0v) is 12.7. The number of aryl methyl sites for hydroxylation is 1. The molecule has 1 aliphatic carbocycles. The molecule has 0 bridgehead atoms. The quantitative estimate of drug-likeness (QED) is 0.875. The number of nitrogens with zero attached hydrogens (tertiary/aromatic N) is 2. The fourth-order valence-electron chi connectivity index (χ4n) is 2.87. The first-order chi connectivity index (χ1) is 9.86. The minimum atomic E-state index is 0.438. The Labute approximate surface area is 124 Å². The maximum Gasteiger partial charge on any atom is 0.133 e. The van der Waals surface area contributed by atoms with E-state index in [1.165, 1.54) is 35.4 Å². The molecular formula is C16H21N3S. The van der Waals surface area contributed by atoms with E-state index >= 15 is 0 Å². The summed E-state index contributed by atoms with van der Waals surface area (Å²) in [6.45, 7) is 3.16. The first kappa shape index (κ1) is 13.7. The monoisotopic (exact) mass is 287 g/mol. The van der Waals surface area contributed by atoms with Crippen LogP contribution in [0, 0.1) is 0 Å². The average molecular weight is 287 g/mol. The Balaban J connectivity index is 1.85. The Kier molecular flexibility index (Phi) is 4.43. The molecule has 106 valence electrons. The molecule has 3 rings (SSSR count). The Morgan fingerprint density at radius 3 is 3.15 bits per heavy atom. The van der Waals surface area contributed by atoms with Gasteiger partial charge in [-0.3, -0.25) is 0 Å². The lowest BCUT2D eigenvalue weighted by Gasteiger charge is -2.17. The van der Waals surface area contributed by atoms with Gasteiger partial charge >= 0.3 is 0 Å². The van der Waals surface area contributed by atoms with Crippen molar-refractivity contribution in [2.45, 2.75) is 45.1 Å². The third kappa shape index (κ3) is 3.07. The van der Waals surface area contributed by atoms with Gasteiger partial charge in [0.15, 0.2) is 0 Å². The third-order valence-electron chi connectivity index (χ3n) is 3.84. The molecule has 0 saturated carbocycles. The van der Waals surface area contributed by atoms with E-state index in [2.05, 4.69) is 40.9 Å². The van der Waals surface area contributed by atoms with Crippen molar-refractivity contribution in [3.8, 4) is 0 Å². The topological polar surface area (TPSA) is 37.8 Å². The van der Waals surface area contributed by atoms with Crippen molar-refractivity contribution in [2.75, 3.05) is 6.54 Å². The van der Waals surface area contributed by atoms with Gasteiger partial charge in [0.05, 0.1) is 0 Å². The highest BCUT2D eigenvalue weighted by Crippen LogP contribution is 2.27. The van der Waals surface area contributed by atoms with Crippen molar-refractivity contribution in [2.24, 2.45) is 0 Å². The predicted molar refractivity (Wildman–Crippen MR) is 83.1 cm³/mol. The molecule has 1 aliphatic rings. The second kappa shape index (κ2) is 6.46. The minimum absolute atomic E-state index is 0.438. The summed E-state index contributed by atoms with van der Waals surface area (Å²) in [7, 11) is 0. The molecule has 0 aromatic carbocycles. The molecule has 3 nitrogen and oxygen atoms in total. The highest BCUT2D eigenvalue weighted by atomic mass is 32.1. The van der Waals surface area contributed by atoms with Gasteiger partial charge in [-0.2, -0.15) is 0 Å². The summed E-state index contributed by atoms with van der Waals surface area (Å²) in [6.07, 6.45) is 7.73. The van der Waals surface area contributed by atoms with Crippen LogP contribution in [0.4, 0.5) is 0 Å². The molecule has 0 fully saturated rings. The van der Waals surface area contributed by atoms with Gasteiger partial charge in [0.1, 0.15) is 5.82 Å². The van der Waals surface area contributed by atoms with E-state index < -0.39 is 0 Å². The molecule has 0 spiro atoms. The van der Waals surface area contributed by atoms with Crippen LogP contribution in [-0.2, 0) is 12.8 Å². The van der Waals surface area contributed by atoms with Crippen LogP contribution in [0.2, 0.25) is 0 Å². The van der Waals surface area contributed by atoms with Gasteiger partial charge in [-0.25, -0.2) is 9.97 Å². The van der Waals surface area contributed by atoms with Gasteiger partial charge in [-0.1, -0.05) is 19.4 Å². The summed E-state index contributed by atoms with van der Waals surface area (Å²) >= 11 is 1.78. The Morgan fingerprint density at radius 2 is 2.35 bits per heavy atom. The second-order valence-electron chi connectivity index (χ2n) is 5.30. The molecule has 2 heterocycles. The predicted octanol–water partition coefficient (Wildman–Crippen LogP) is 3.51. The number of aromatic nitrogens is 2. The fourth-order valence-corrected chi connectivity index (χ4v) is 3.57. The molecule has 1 atom stereocenters. The number of hydrogen-bond donors (Lipinski definition) is 1. The van der Waals surface area contributed by atoms with Crippen LogP contribution in [-0.4, -0.2) is 16.5 Å². The largest absolute Gasteiger partial charge is 0.310 e. The Morgan fingerprint density at radius 1 is 1.40 bits per heavy atom. The molecule has 0 amide bonds. The summed E-state index contributed by atoms with van der Waals surface area (Å²) < 4.78 is 0. The van der Waals surface area contributed by atoms with Crippen molar-refractivity contribution in [1.29, 1.82) is 0 Å². The molecule has 1 unspecified atom stereocenters. The van der Waals surface area contributed by atoms with E-state index in [1.54, 1.807) is 11.3 Å². The van der Waals surface area contributed by atoms with Crippen LogP contribution in [0.5, 0.6) is 0 Å². The molecule has 2 aromatic heterocycles. The summed E-state index contributed by atoms with van der Waals surface area (Å²) in [5, 5.41) is 5.68. The number of rotatable bonds is 4. The first-order valence-electron chi connectivity index (χ1n) is 7.47. The van der Waals surface area contributed by atoms with Gasteiger partial charge in [0.25, 0.3) is 0 Å². The zero-order chi connectivity index (χ0) is 13.8. The van der Waals surface area contributed by atoms with E-state index in [-0.39, 0.29) is 0 Å². The summed E-state index contributed by atoms with van der Waals surface area (Å²) in [5.41, 5.74) is 2.58. The van der Waals surface area contributed by atoms with Crippen molar-refractivity contribution in [1.82, 2.24) is 15.3 Å². The van der Waals surface area contributed by atoms with Crippen molar-refractivity contribution in [3.05, 3.63) is 45.7 Å². The molecule has 2 aromatic rings. The second-order valence-corrected chi connectivity index (χ2v) is 6.33. The highest BCUT2D eigenvalue weighted by molar-refractivity contribution is 7.09. The lowest BCUT2D eigenvalue weighted by atomic mass is 10.0. The lowest BCUT2D eigenvalue weighted by molar-refractivity contribution is 0.502. The van der Waals surface area contributed by atoms with Gasteiger partial charge < -0.3 is 5.32 Å². The Bertz CT molecular complexity index is 551. The van der Waals surface area contributed by atoms with Crippen molar-refractivity contribution < 1.29 is 0 Å². The fraction of sp³-hybridized carbons (Fsp3) is 0.500. The minimum Gasteiger partial charge on any atom is -0.310 e. The molecule has 20 heavy (non-hydrogen) atoms. The first-order valence-corrected chi connectivity index (χ1v) is 8.35. The van der Waals surface area contributed by atoms with E-state index in [0.717, 1.165) is 25.2 Å². The number of hydrogen-bond acceptors (Lipinski definition) is 4. The SMILES string of the molecule is CCNC1CCCCc2nc(Cc3cccs3)ncc21. The molecule has 0 radical (unpaired) electrons. The molecule has 1 N–H and O–H groups in total. The zero-order valence-electron chi connectivity index (χ0n) is 11.9.